The van der Waals surface area contributed by atoms with Crippen molar-refractivity contribution < 1.29 is 14.0 Å². The Morgan fingerprint density at radius 2 is 2.22 bits per heavy atom. The molecule has 0 spiro atoms. The van der Waals surface area contributed by atoms with E-state index >= 15 is 0 Å². The second kappa shape index (κ2) is 5.68. The summed E-state index contributed by atoms with van der Waals surface area (Å²) in [5.74, 6) is 1.37. The molecule has 1 fully saturated rings. The summed E-state index contributed by atoms with van der Waals surface area (Å²) >= 11 is 0. The van der Waals surface area contributed by atoms with Crippen molar-refractivity contribution in [1.29, 1.82) is 0 Å². The van der Waals surface area contributed by atoms with Crippen LogP contribution in [0.1, 0.15) is 70.4 Å². The average Bonchev–Trinajstić information content (AvgIpc) is 3.24. The quantitative estimate of drug-likeness (QED) is 0.924. The summed E-state index contributed by atoms with van der Waals surface area (Å²) in [6.45, 7) is 0.679. The van der Waals surface area contributed by atoms with Gasteiger partial charge in [0.1, 0.15) is 17.8 Å². The zero-order valence-corrected chi connectivity index (χ0v) is 12.9. The third kappa shape index (κ3) is 2.38. The number of fused-ring (bicyclic) bond motifs is 1. The summed E-state index contributed by atoms with van der Waals surface area (Å²) in [7, 11) is 0. The second-order valence-electron chi connectivity index (χ2n) is 6.21. The molecule has 23 heavy (non-hydrogen) atoms. The SMILES string of the molecule is O=C1CCCc2occ(C(=O)N3CCCCC3c3ncc[nH]3)c21. The highest BCUT2D eigenvalue weighted by atomic mass is 16.3. The lowest BCUT2D eigenvalue weighted by molar-refractivity contribution is 0.0597. The number of amides is 1. The first-order chi connectivity index (χ1) is 11.3. The van der Waals surface area contributed by atoms with Gasteiger partial charge in [-0.3, -0.25) is 9.59 Å². The van der Waals surface area contributed by atoms with E-state index in [0.29, 0.717) is 29.9 Å². The number of H-pyrrole nitrogens is 1. The average molecular weight is 313 g/mol. The summed E-state index contributed by atoms with van der Waals surface area (Å²) in [5, 5.41) is 0. The molecular formula is C17H19N3O3. The summed E-state index contributed by atoms with van der Waals surface area (Å²) in [6, 6.07) is -0.0597. The zero-order valence-electron chi connectivity index (χ0n) is 12.9. The van der Waals surface area contributed by atoms with Crippen LogP contribution < -0.4 is 0 Å². The molecule has 1 amide bonds. The number of imidazole rings is 1. The predicted molar refractivity (Wildman–Crippen MR) is 82.2 cm³/mol. The highest BCUT2D eigenvalue weighted by Crippen LogP contribution is 2.33. The van der Waals surface area contributed by atoms with Gasteiger partial charge in [-0.1, -0.05) is 0 Å². The molecule has 1 saturated heterocycles. The fourth-order valence-corrected chi connectivity index (χ4v) is 3.65. The van der Waals surface area contributed by atoms with Crippen molar-refractivity contribution in [3.05, 3.63) is 41.4 Å². The largest absolute Gasteiger partial charge is 0.468 e. The predicted octanol–water partition coefficient (Wildman–Crippen LogP) is 2.89. The highest BCUT2D eigenvalue weighted by Gasteiger charge is 2.35. The first kappa shape index (κ1) is 14.2. The monoisotopic (exact) mass is 313 g/mol. The number of ketones is 1. The van der Waals surface area contributed by atoms with E-state index in [1.165, 1.54) is 6.26 Å². The minimum absolute atomic E-state index is 0.0231. The molecule has 2 aromatic heterocycles. The Morgan fingerprint density at radius 1 is 1.30 bits per heavy atom. The van der Waals surface area contributed by atoms with Crippen LogP contribution in [0.3, 0.4) is 0 Å². The Hall–Kier alpha value is -2.37. The first-order valence-electron chi connectivity index (χ1n) is 8.19. The molecule has 1 N–H and O–H groups in total. The lowest BCUT2D eigenvalue weighted by Crippen LogP contribution is -2.39. The van der Waals surface area contributed by atoms with Crippen molar-refractivity contribution in [3.8, 4) is 0 Å². The molecule has 0 bridgehead atoms. The van der Waals surface area contributed by atoms with E-state index in [1.54, 1.807) is 12.4 Å². The van der Waals surface area contributed by atoms with E-state index in [1.807, 2.05) is 4.90 Å². The van der Waals surface area contributed by atoms with Crippen molar-refractivity contribution in [2.45, 2.75) is 44.6 Å². The van der Waals surface area contributed by atoms with Gasteiger partial charge in [-0.2, -0.15) is 0 Å². The van der Waals surface area contributed by atoms with E-state index in [2.05, 4.69) is 9.97 Å². The Labute approximate surface area is 133 Å². The Bertz CT molecular complexity index is 732. The number of aromatic amines is 1. The van der Waals surface area contributed by atoms with E-state index in [0.717, 1.165) is 37.9 Å². The van der Waals surface area contributed by atoms with Gasteiger partial charge >= 0.3 is 0 Å². The molecule has 2 aliphatic rings. The number of hydrogen-bond donors (Lipinski definition) is 1. The van der Waals surface area contributed by atoms with Gasteiger partial charge in [0, 0.05) is 31.8 Å². The molecule has 6 nitrogen and oxygen atoms in total. The van der Waals surface area contributed by atoms with Crippen molar-refractivity contribution in [1.82, 2.24) is 14.9 Å². The molecule has 1 unspecified atom stereocenters. The van der Waals surface area contributed by atoms with E-state index in [-0.39, 0.29) is 17.7 Å². The zero-order chi connectivity index (χ0) is 15.8. The van der Waals surface area contributed by atoms with Crippen molar-refractivity contribution >= 4 is 11.7 Å². The number of carbonyl (C=O) groups excluding carboxylic acids is 2. The van der Waals surface area contributed by atoms with Crippen LogP contribution in [0.2, 0.25) is 0 Å². The molecular weight excluding hydrogens is 294 g/mol. The highest BCUT2D eigenvalue weighted by molar-refractivity contribution is 6.09. The molecule has 0 radical (unpaired) electrons. The third-order valence-electron chi connectivity index (χ3n) is 4.78. The number of nitrogens with zero attached hydrogens (tertiary/aromatic N) is 2. The maximum Gasteiger partial charge on any atom is 0.258 e. The van der Waals surface area contributed by atoms with E-state index in [9.17, 15) is 9.59 Å². The summed E-state index contributed by atoms with van der Waals surface area (Å²) in [4.78, 5) is 34.5. The topological polar surface area (TPSA) is 79.2 Å². The van der Waals surface area contributed by atoms with Crippen LogP contribution in [0.15, 0.2) is 23.1 Å². The lowest BCUT2D eigenvalue weighted by atomic mass is 9.93. The van der Waals surface area contributed by atoms with Gasteiger partial charge in [-0.25, -0.2) is 4.98 Å². The number of nitrogens with one attached hydrogen (secondary N) is 1. The Balaban J connectivity index is 1.68. The number of aromatic nitrogens is 2. The molecule has 2 aromatic rings. The number of carbonyl (C=O) groups is 2. The molecule has 1 aliphatic carbocycles. The number of piperidine rings is 1. The van der Waals surface area contributed by atoms with Gasteiger partial charge in [0.05, 0.1) is 17.2 Å². The van der Waals surface area contributed by atoms with Gasteiger partial charge in [0.25, 0.3) is 5.91 Å². The number of rotatable bonds is 2. The first-order valence-corrected chi connectivity index (χ1v) is 8.19. The smallest absolute Gasteiger partial charge is 0.258 e. The Kier molecular flexibility index (Phi) is 3.52. The minimum Gasteiger partial charge on any atom is -0.468 e. The maximum atomic E-state index is 13.1. The number of Topliss-reactive ketones (excluding diaryl/α,β-unsaturated/α-hetero) is 1. The van der Waals surface area contributed by atoms with Crippen molar-refractivity contribution in [2.24, 2.45) is 0 Å². The summed E-state index contributed by atoms with van der Waals surface area (Å²) in [5.41, 5.74) is 0.924. The molecule has 120 valence electrons. The van der Waals surface area contributed by atoms with Gasteiger partial charge in [0.2, 0.25) is 0 Å². The van der Waals surface area contributed by atoms with Crippen LogP contribution in [-0.4, -0.2) is 33.1 Å². The van der Waals surface area contributed by atoms with Gasteiger partial charge < -0.3 is 14.3 Å². The molecule has 3 heterocycles. The van der Waals surface area contributed by atoms with Crippen LogP contribution in [0.4, 0.5) is 0 Å². The van der Waals surface area contributed by atoms with Crippen LogP contribution in [-0.2, 0) is 6.42 Å². The summed E-state index contributed by atoms with van der Waals surface area (Å²) < 4.78 is 5.50. The minimum atomic E-state index is -0.119. The molecule has 1 aliphatic heterocycles. The molecule has 4 rings (SSSR count). The van der Waals surface area contributed by atoms with Crippen LogP contribution in [0.25, 0.3) is 0 Å². The van der Waals surface area contributed by atoms with Crippen LogP contribution >= 0.6 is 0 Å². The van der Waals surface area contributed by atoms with Crippen LogP contribution in [0.5, 0.6) is 0 Å². The number of likely N-dealkylation sites (tertiary alicyclic amines) is 1. The fraction of sp³-hybridized carbons (Fsp3) is 0.471. The normalized spacial score (nSPS) is 21.3. The molecule has 1 atom stereocenters. The van der Waals surface area contributed by atoms with Crippen LogP contribution in [0, 0.1) is 0 Å². The standard InChI is InChI=1S/C17H19N3O3/c21-13-5-3-6-14-15(13)11(10-23-14)17(22)20-9-2-1-4-12(20)16-18-7-8-19-16/h7-8,10,12H,1-6,9H2,(H,18,19). The van der Waals surface area contributed by atoms with E-state index in [4.69, 9.17) is 4.42 Å². The van der Waals surface area contributed by atoms with Gasteiger partial charge in [-0.15, -0.1) is 0 Å². The Morgan fingerprint density at radius 3 is 3.04 bits per heavy atom. The molecule has 0 saturated carbocycles. The summed E-state index contributed by atoms with van der Waals surface area (Å²) in [6.07, 6.45) is 9.88. The molecule has 0 aromatic carbocycles. The second-order valence-corrected chi connectivity index (χ2v) is 6.21. The molecule has 6 heteroatoms. The van der Waals surface area contributed by atoms with Crippen molar-refractivity contribution in [2.75, 3.05) is 6.54 Å². The fourth-order valence-electron chi connectivity index (χ4n) is 3.65. The van der Waals surface area contributed by atoms with Gasteiger partial charge in [-0.05, 0) is 25.7 Å². The number of furan rings is 1. The lowest BCUT2D eigenvalue weighted by Gasteiger charge is -2.34. The third-order valence-corrected chi connectivity index (χ3v) is 4.78. The number of hydrogen-bond acceptors (Lipinski definition) is 4. The van der Waals surface area contributed by atoms with E-state index < -0.39 is 0 Å². The maximum absolute atomic E-state index is 13.1. The van der Waals surface area contributed by atoms with Gasteiger partial charge in [0.15, 0.2) is 5.78 Å². The number of aryl methyl sites for hydroxylation is 1. The van der Waals surface area contributed by atoms with Crippen molar-refractivity contribution in [3.63, 3.8) is 0 Å².